The van der Waals surface area contributed by atoms with Crippen molar-refractivity contribution in [2.45, 2.75) is 6.54 Å². The van der Waals surface area contributed by atoms with Gasteiger partial charge in [-0.1, -0.05) is 29.5 Å². The number of carbonyl (C=O) groups excluding carboxylic acids is 1. The lowest BCUT2D eigenvalue weighted by molar-refractivity contribution is -0.114. The minimum atomic E-state index is -0.0791. The third-order valence-electron chi connectivity index (χ3n) is 3.82. The molecule has 3 heterocycles. The lowest BCUT2D eigenvalue weighted by atomic mass is 10.3. The van der Waals surface area contributed by atoms with Crippen LogP contribution in [0.5, 0.6) is 0 Å². The molecule has 0 saturated heterocycles. The highest BCUT2D eigenvalue weighted by atomic mass is 32.1. The van der Waals surface area contributed by atoms with Crippen molar-refractivity contribution < 1.29 is 4.79 Å². The van der Waals surface area contributed by atoms with E-state index in [9.17, 15) is 4.79 Å². The van der Waals surface area contributed by atoms with Crippen LogP contribution in [0.1, 0.15) is 4.88 Å². The first-order valence-corrected chi connectivity index (χ1v) is 9.85. The number of fused-ring (bicyclic) bond motifs is 1. The Morgan fingerprint density at radius 1 is 1.19 bits per heavy atom. The molecule has 0 fully saturated rings. The summed E-state index contributed by atoms with van der Waals surface area (Å²) < 4.78 is 2.89. The number of carbonyl (C=O) groups is 1. The maximum absolute atomic E-state index is 12.9. The molecule has 0 atom stereocenters. The Hall–Kier alpha value is -2.77. The molecule has 0 saturated carbocycles. The zero-order valence-corrected chi connectivity index (χ0v) is 15.5. The molecular formula is C19H16N4OS2. The molecule has 4 aromatic rings. The fourth-order valence-electron chi connectivity index (χ4n) is 2.54. The van der Waals surface area contributed by atoms with Crippen molar-refractivity contribution in [1.29, 1.82) is 0 Å². The Labute approximate surface area is 158 Å². The minimum absolute atomic E-state index is 0.0791. The first kappa shape index (κ1) is 16.7. The first-order valence-electron chi connectivity index (χ1n) is 8.16. The van der Waals surface area contributed by atoms with Crippen molar-refractivity contribution in [3.63, 3.8) is 0 Å². The average Bonchev–Trinajstić information content (AvgIpc) is 3.40. The van der Waals surface area contributed by atoms with Gasteiger partial charge in [-0.25, -0.2) is 4.98 Å². The van der Waals surface area contributed by atoms with Crippen LogP contribution in [0.4, 0.5) is 5.13 Å². The van der Waals surface area contributed by atoms with E-state index in [4.69, 9.17) is 0 Å². The van der Waals surface area contributed by atoms with Gasteiger partial charge in [0.05, 0.1) is 16.8 Å². The minimum Gasteiger partial charge on any atom is -0.283 e. The summed E-state index contributed by atoms with van der Waals surface area (Å²) >= 11 is 3.13. The zero-order chi connectivity index (χ0) is 17.8. The van der Waals surface area contributed by atoms with E-state index in [0.717, 1.165) is 15.1 Å². The summed E-state index contributed by atoms with van der Waals surface area (Å²) in [4.78, 5) is 20.3. The van der Waals surface area contributed by atoms with Crippen molar-refractivity contribution in [2.24, 2.45) is 0 Å². The zero-order valence-electron chi connectivity index (χ0n) is 13.9. The molecule has 5 nitrogen and oxygen atoms in total. The summed E-state index contributed by atoms with van der Waals surface area (Å²) in [7, 11) is 0. The molecule has 4 rings (SSSR count). The number of nitrogens with zero attached hydrogens (tertiary/aromatic N) is 4. The van der Waals surface area contributed by atoms with Gasteiger partial charge >= 0.3 is 0 Å². The van der Waals surface area contributed by atoms with Gasteiger partial charge in [0.25, 0.3) is 5.91 Å². The highest BCUT2D eigenvalue weighted by molar-refractivity contribution is 7.22. The van der Waals surface area contributed by atoms with Crippen LogP contribution < -0.4 is 4.90 Å². The maximum atomic E-state index is 12.9. The highest BCUT2D eigenvalue weighted by Gasteiger charge is 2.18. The molecule has 0 aliphatic rings. The monoisotopic (exact) mass is 380 g/mol. The predicted molar refractivity (Wildman–Crippen MR) is 108 cm³/mol. The second-order valence-electron chi connectivity index (χ2n) is 5.57. The smallest absolute Gasteiger partial charge is 0.252 e. The number of anilines is 1. The largest absolute Gasteiger partial charge is 0.283 e. The lowest BCUT2D eigenvalue weighted by Crippen LogP contribution is -2.32. The number of hydrogen-bond donors (Lipinski definition) is 0. The molecule has 0 radical (unpaired) electrons. The molecule has 0 aliphatic carbocycles. The van der Waals surface area contributed by atoms with Crippen LogP contribution in [0.3, 0.4) is 0 Å². The maximum Gasteiger partial charge on any atom is 0.252 e. The quantitative estimate of drug-likeness (QED) is 0.469. The fraction of sp³-hybridized carbons (Fsp3) is 0.105. The van der Waals surface area contributed by atoms with E-state index in [1.165, 1.54) is 11.3 Å². The van der Waals surface area contributed by atoms with Crippen LogP contribution in [-0.4, -0.2) is 27.2 Å². The molecule has 130 valence electrons. The van der Waals surface area contributed by atoms with Crippen molar-refractivity contribution in [3.05, 3.63) is 71.2 Å². The summed E-state index contributed by atoms with van der Waals surface area (Å²) in [6.45, 7) is 1.12. The molecule has 7 heteroatoms. The van der Waals surface area contributed by atoms with E-state index >= 15 is 0 Å². The fourth-order valence-corrected chi connectivity index (χ4v) is 4.16. The topological polar surface area (TPSA) is 51.0 Å². The van der Waals surface area contributed by atoms with Crippen LogP contribution >= 0.6 is 22.7 Å². The van der Waals surface area contributed by atoms with E-state index < -0.39 is 0 Å². The van der Waals surface area contributed by atoms with Gasteiger partial charge in [0.15, 0.2) is 5.13 Å². The molecule has 1 amide bonds. The van der Waals surface area contributed by atoms with Gasteiger partial charge in [-0.15, -0.1) is 11.3 Å². The van der Waals surface area contributed by atoms with Crippen LogP contribution in [0.2, 0.25) is 0 Å². The molecular weight excluding hydrogens is 364 g/mol. The Bertz CT molecular complexity index is 986. The summed E-state index contributed by atoms with van der Waals surface area (Å²) in [5.74, 6) is -0.0791. The number of rotatable bonds is 6. The molecule has 3 aromatic heterocycles. The van der Waals surface area contributed by atoms with Gasteiger partial charge in [0, 0.05) is 29.9 Å². The highest BCUT2D eigenvalue weighted by Crippen LogP contribution is 2.29. The van der Waals surface area contributed by atoms with E-state index in [1.807, 2.05) is 64.8 Å². The van der Waals surface area contributed by atoms with Crippen LogP contribution in [0, 0.1) is 0 Å². The second kappa shape index (κ2) is 7.63. The number of hydrogen-bond acceptors (Lipinski definition) is 5. The van der Waals surface area contributed by atoms with Crippen LogP contribution in [0.15, 0.2) is 66.3 Å². The van der Waals surface area contributed by atoms with Gasteiger partial charge in [-0.3, -0.25) is 14.4 Å². The van der Waals surface area contributed by atoms with E-state index in [1.54, 1.807) is 28.5 Å². The van der Waals surface area contributed by atoms with Gasteiger partial charge in [0.1, 0.15) is 0 Å². The molecule has 0 bridgehead atoms. The standard InChI is InChI=1S/C19H16N4OS2/c24-18(9-8-15-5-3-14-25-15)23(13-12-22-11-4-10-20-22)19-21-16-6-1-2-7-17(16)26-19/h1-11,14H,12-13H2/b9-8+. The Kier molecular flexibility index (Phi) is 4.90. The number of benzene rings is 1. The number of aromatic nitrogens is 3. The van der Waals surface area contributed by atoms with Gasteiger partial charge in [-0.2, -0.15) is 5.10 Å². The number of thiophene rings is 1. The Balaban J connectivity index is 1.60. The van der Waals surface area contributed by atoms with Crippen molar-refractivity contribution in [3.8, 4) is 0 Å². The van der Waals surface area contributed by atoms with Gasteiger partial charge in [-0.05, 0) is 35.7 Å². The average molecular weight is 380 g/mol. The first-order chi connectivity index (χ1) is 12.8. The normalized spacial score (nSPS) is 11.4. The molecule has 0 unspecified atom stereocenters. The number of amides is 1. The number of para-hydroxylation sites is 1. The van der Waals surface area contributed by atoms with E-state index in [-0.39, 0.29) is 5.91 Å². The molecule has 0 N–H and O–H groups in total. The van der Waals surface area contributed by atoms with Crippen molar-refractivity contribution in [2.75, 3.05) is 11.4 Å². The summed E-state index contributed by atoms with van der Waals surface area (Å²) in [6, 6.07) is 13.8. The second-order valence-corrected chi connectivity index (χ2v) is 7.56. The van der Waals surface area contributed by atoms with Crippen molar-refractivity contribution >= 4 is 50.0 Å². The third-order valence-corrected chi connectivity index (χ3v) is 5.72. The third kappa shape index (κ3) is 3.74. The van der Waals surface area contributed by atoms with Crippen LogP contribution in [-0.2, 0) is 11.3 Å². The predicted octanol–water partition coefficient (Wildman–Crippen LogP) is 4.30. The SMILES string of the molecule is O=C(/C=C/c1cccs1)N(CCn1cccn1)c1nc2ccccc2s1. The molecule has 0 aliphatic heterocycles. The van der Waals surface area contributed by atoms with Gasteiger partial charge < -0.3 is 0 Å². The molecule has 26 heavy (non-hydrogen) atoms. The Morgan fingerprint density at radius 3 is 2.88 bits per heavy atom. The molecule has 1 aromatic carbocycles. The van der Waals surface area contributed by atoms with Crippen molar-refractivity contribution in [1.82, 2.24) is 14.8 Å². The van der Waals surface area contributed by atoms with Crippen LogP contribution in [0.25, 0.3) is 16.3 Å². The molecule has 0 spiro atoms. The van der Waals surface area contributed by atoms with E-state index in [0.29, 0.717) is 18.2 Å². The van der Waals surface area contributed by atoms with E-state index in [2.05, 4.69) is 10.1 Å². The number of thiazole rings is 1. The summed E-state index contributed by atoms with van der Waals surface area (Å²) in [6.07, 6.45) is 7.09. The summed E-state index contributed by atoms with van der Waals surface area (Å²) in [5, 5.41) is 6.92. The Morgan fingerprint density at radius 2 is 2.12 bits per heavy atom. The van der Waals surface area contributed by atoms with Gasteiger partial charge in [0.2, 0.25) is 0 Å². The lowest BCUT2D eigenvalue weighted by Gasteiger charge is -2.18. The summed E-state index contributed by atoms with van der Waals surface area (Å²) in [5.41, 5.74) is 0.909.